The highest BCUT2D eigenvalue weighted by Gasteiger charge is 2.15. The summed E-state index contributed by atoms with van der Waals surface area (Å²) in [5, 5.41) is 2.50. The maximum Gasteiger partial charge on any atom is 0.407 e. The van der Waals surface area contributed by atoms with Crippen LogP contribution in [-0.4, -0.2) is 31.3 Å². The van der Waals surface area contributed by atoms with Crippen LogP contribution in [0.3, 0.4) is 0 Å². The molecule has 0 unspecified atom stereocenters. The van der Waals surface area contributed by atoms with Crippen LogP contribution in [0.15, 0.2) is 11.6 Å². The molecule has 0 bridgehead atoms. The third kappa shape index (κ3) is 6.86. The molecule has 0 saturated carbocycles. The average Bonchev–Trinajstić information content (AvgIpc) is 2.13. The summed E-state index contributed by atoms with van der Waals surface area (Å²) >= 11 is 0. The molecule has 0 heterocycles. The Balaban J connectivity index is 3.99. The van der Waals surface area contributed by atoms with E-state index >= 15 is 0 Å². The first-order chi connectivity index (χ1) is 7.26. The van der Waals surface area contributed by atoms with Crippen LogP contribution in [0.1, 0.15) is 27.7 Å². The quantitative estimate of drug-likeness (QED) is 0.590. The van der Waals surface area contributed by atoms with Gasteiger partial charge in [-0.1, -0.05) is 6.08 Å². The smallest absolute Gasteiger partial charge is 0.407 e. The highest BCUT2D eigenvalue weighted by atomic mass is 16.6. The number of rotatable bonds is 3. The van der Waals surface area contributed by atoms with Gasteiger partial charge in [0.2, 0.25) is 0 Å². The molecule has 1 N–H and O–H groups in total. The van der Waals surface area contributed by atoms with Gasteiger partial charge >= 0.3 is 12.1 Å². The number of alkyl carbamates (subject to hydrolysis) is 1. The SMILES string of the molecule is COC(=O)/C(C)=C\CNC(=O)OC(C)(C)C. The van der Waals surface area contributed by atoms with Crippen LogP contribution >= 0.6 is 0 Å². The van der Waals surface area contributed by atoms with Crippen molar-refractivity contribution in [3.63, 3.8) is 0 Å². The fourth-order valence-electron chi connectivity index (χ4n) is 0.846. The first kappa shape index (κ1) is 14.5. The van der Waals surface area contributed by atoms with Crippen molar-refractivity contribution in [2.24, 2.45) is 0 Å². The van der Waals surface area contributed by atoms with Gasteiger partial charge in [0.25, 0.3) is 0 Å². The van der Waals surface area contributed by atoms with Crippen molar-refractivity contribution in [3.8, 4) is 0 Å². The highest BCUT2D eigenvalue weighted by Crippen LogP contribution is 2.06. The van der Waals surface area contributed by atoms with Crippen molar-refractivity contribution >= 4 is 12.1 Å². The summed E-state index contributed by atoms with van der Waals surface area (Å²) in [6.45, 7) is 7.19. The van der Waals surface area contributed by atoms with E-state index in [4.69, 9.17) is 4.74 Å². The molecular weight excluding hydrogens is 210 g/mol. The van der Waals surface area contributed by atoms with Crippen molar-refractivity contribution in [3.05, 3.63) is 11.6 Å². The molecule has 0 radical (unpaired) electrons. The molecule has 0 spiro atoms. The molecule has 0 atom stereocenters. The topological polar surface area (TPSA) is 64.6 Å². The van der Waals surface area contributed by atoms with Gasteiger partial charge in [0.15, 0.2) is 0 Å². The number of hydrogen-bond donors (Lipinski definition) is 1. The van der Waals surface area contributed by atoms with Crippen LogP contribution in [0.5, 0.6) is 0 Å². The fraction of sp³-hybridized carbons (Fsp3) is 0.636. The van der Waals surface area contributed by atoms with E-state index in [2.05, 4.69) is 10.1 Å². The van der Waals surface area contributed by atoms with Gasteiger partial charge in [-0.15, -0.1) is 0 Å². The van der Waals surface area contributed by atoms with Crippen LogP contribution in [0.2, 0.25) is 0 Å². The maximum atomic E-state index is 11.2. The summed E-state index contributed by atoms with van der Waals surface area (Å²) in [6, 6.07) is 0. The number of carbonyl (C=O) groups excluding carboxylic acids is 2. The third-order valence-electron chi connectivity index (χ3n) is 1.56. The van der Waals surface area contributed by atoms with Crippen LogP contribution < -0.4 is 5.32 Å². The number of ether oxygens (including phenoxy) is 2. The molecular formula is C11H19NO4. The predicted molar refractivity (Wildman–Crippen MR) is 60.0 cm³/mol. The lowest BCUT2D eigenvalue weighted by Gasteiger charge is -2.19. The summed E-state index contributed by atoms with van der Waals surface area (Å²) in [5.74, 6) is -0.411. The van der Waals surface area contributed by atoms with Crippen molar-refractivity contribution in [2.45, 2.75) is 33.3 Å². The fourth-order valence-corrected chi connectivity index (χ4v) is 0.846. The molecule has 0 rings (SSSR count). The summed E-state index contributed by atoms with van der Waals surface area (Å²) in [4.78, 5) is 22.2. The van der Waals surface area contributed by atoms with Crippen molar-refractivity contribution in [2.75, 3.05) is 13.7 Å². The molecule has 16 heavy (non-hydrogen) atoms. The van der Waals surface area contributed by atoms with Crippen molar-refractivity contribution < 1.29 is 19.1 Å². The van der Waals surface area contributed by atoms with Gasteiger partial charge in [0.05, 0.1) is 7.11 Å². The molecule has 5 heteroatoms. The van der Waals surface area contributed by atoms with Gasteiger partial charge in [0, 0.05) is 12.1 Å². The molecule has 5 nitrogen and oxygen atoms in total. The standard InChI is InChI=1S/C11H19NO4/c1-8(9(13)15-5)6-7-12-10(14)16-11(2,3)4/h6H,7H2,1-5H3,(H,12,14)/b8-6-. The molecule has 0 aliphatic heterocycles. The number of nitrogens with one attached hydrogen (secondary N) is 1. The Kier molecular flexibility index (Phi) is 5.56. The molecule has 0 fully saturated rings. The molecule has 92 valence electrons. The number of carbonyl (C=O) groups is 2. The second kappa shape index (κ2) is 6.15. The van der Waals surface area contributed by atoms with E-state index in [1.165, 1.54) is 7.11 Å². The Labute approximate surface area is 95.8 Å². The molecule has 0 aliphatic rings. The Hall–Kier alpha value is -1.52. The lowest BCUT2D eigenvalue weighted by molar-refractivity contribution is -0.136. The minimum atomic E-state index is -0.523. The van der Waals surface area contributed by atoms with Gasteiger partial charge in [-0.25, -0.2) is 9.59 Å². The number of methoxy groups -OCH3 is 1. The minimum Gasteiger partial charge on any atom is -0.466 e. The second-order valence-electron chi connectivity index (χ2n) is 4.26. The van der Waals surface area contributed by atoms with Crippen molar-refractivity contribution in [1.29, 1.82) is 0 Å². The molecule has 0 aromatic heterocycles. The van der Waals surface area contributed by atoms with Gasteiger partial charge < -0.3 is 14.8 Å². The van der Waals surface area contributed by atoms with E-state index in [0.29, 0.717) is 5.57 Å². The first-order valence-corrected chi connectivity index (χ1v) is 4.98. The van der Waals surface area contributed by atoms with Gasteiger partial charge in [0.1, 0.15) is 5.60 Å². The molecule has 0 aliphatic carbocycles. The van der Waals surface area contributed by atoms with Crippen LogP contribution in [0, 0.1) is 0 Å². The zero-order valence-corrected chi connectivity index (χ0v) is 10.4. The van der Waals surface area contributed by atoms with Gasteiger partial charge in [-0.05, 0) is 27.7 Å². The highest BCUT2D eigenvalue weighted by molar-refractivity contribution is 5.87. The van der Waals surface area contributed by atoms with Crippen LogP contribution in [0.25, 0.3) is 0 Å². The van der Waals surface area contributed by atoms with Crippen molar-refractivity contribution in [1.82, 2.24) is 5.32 Å². The van der Waals surface area contributed by atoms with Crippen LogP contribution in [-0.2, 0) is 14.3 Å². The summed E-state index contributed by atoms with van der Waals surface area (Å²) in [6.07, 6.45) is 1.05. The zero-order chi connectivity index (χ0) is 12.8. The number of esters is 1. The summed E-state index contributed by atoms with van der Waals surface area (Å²) in [5.41, 5.74) is -0.0795. The monoisotopic (exact) mass is 229 g/mol. The average molecular weight is 229 g/mol. The normalized spacial score (nSPS) is 11.9. The van der Waals surface area contributed by atoms with E-state index in [0.717, 1.165) is 0 Å². The molecule has 0 aromatic carbocycles. The van der Waals surface area contributed by atoms with Crippen LogP contribution in [0.4, 0.5) is 4.79 Å². The Bertz CT molecular complexity index is 289. The molecule has 0 saturated heterocycles. The molecule has 0 aromatic rings. The lowest BCUT2D eigenvalue weighted by Crippen LogP contribution is -2.32. The predicted octanol–water partition coefficient (Wildman–Crippen LogP) is 1.63. The van der Waals surface area contributed by atoms with E-state index in [1.54, 1.807) is 33.8 Å². The van der Waals surface area contributed by atoms with E-state index < -0.39 is 17.7 Å². The second-order valence-corrected chi connectivity index (χ2v) is 4.26. The van der Waals surface area contributed by atoms with Gasteiger partial charge in [-0.2, -0.15) is 0 Å². The van der Waals surface area contributed by atoms with E-state index in [9.17, 15) is 9.59 Å². The largest absolute Gasteiger partial charge is 0.466 e. The Morgan fingerprint density at radius 3 is 2.31 bits per heavy atom. The lowest BCUT2D eigenvalue weighted by atomic mass is 10.2. The number of amides is 1. The summed E-state index contributed by atoms with van der Waals surface area (Å²) < 4.78 is 9.51. The third-order valence-corrected chi connectivity index (χ3v) is 1.56. The number of hydrogen-bond acceptors (Lipinski definition) is 4. The summed E-state index contributed by atoms with van der Waals surface area (Å²) in [7, 11) is 1.31. The minimum absolute atomic E-state index is 0.232. The van der Waals surface area contributed by atoms with Gasteiger partial charge in [-0.3, -0.25) is 0 Å². The first-order valence-electron chi connectivity index (χ1n) is 4.98. The Morgan fingerprint density at radius 2 is 1.88 bits per heavy atom. The van der Waals surface area contributed by atoms with E-state index in [-0.39, 0.29) is 6.54 Å². The Morgan fingerprint density at radius 1 is 1.31 bits per heavy atom. The zero-order valence-electron chi connectivity index (χ0n) is 10.4. The molecule has 1 amide bonds. The van der Waals surface area contributed by atoms with E-state index in [1.807, 2.05) is 0 Å². The maximum absolute atomic E-state index is 11.2.